The molecule has 0 radical (unpaired) electrons. The van der Waals surface area contributed by atoms with Crippen molar-refractivity contribution in [3.63, 3.8) is 0 Å². The van der Waals surface area contributed by atoms with Crippen molar-refractivity contribution in [2.24, 2.45) is 0 Å². The third-order valence-electron chi connectivity index (χ3n) is 3.54. The zero-order valence-electron chi connectivity index (χ0n) is 10.5. The SMILES string of the molecule is O=S(=O)(c1ccccc1)c1ccnc2c1CCCC2. The van der Waals surface area contributed by atoms with Crippen molar-refractivity contribution in [2.45, 2.75) is 35.5 Å². The van der Waals surface area contributed by atoms with Crippen LogP contribution >= 0.6 is 0 Å². The zero-order valence-corrected chi connectivity index (χ0v) is 11.4. The number of hydrogen-bond acceptors (Lipinski definition) is 3. The number of nitrogens with zero attached hydrogens (tertiary/aromatic N) is 1. The highest BCUT2D eigenvalue weighted by atomic mass is 32.2. The largest absolute Gasteiger partial charge is 0.261 e. The Hall–Kier alpha value is -1.68. The van der Waals surface area contributed by atoms with Gasteiger partial charge >= 0.3 is 0 Å². The second kappa shape index (κ2) is 4.78. The van der Waals surface area contributed by atoms with Crippen molar-refractivity contribution in [1.29, 1.82) is 0 Å². The van der Waals surface area contributed by atoms with E-state index in [-0.39, 0.29) is 0 Å². The molecule has 0 bridgehead atoms. The summed E-state index contributed by atoms with van der Waals surface area (Å²) in [6, 6.07) is 10.2. The van der Waals surface area contributed by atoms with Crippen molar-refractivity contribution in [1.82, 2.24) is 4.98 Å². The third-order valence-corrected chi connectivity index (χ3v) is 5.39. The molecule has 1 aliphatic rings. The summed E-state index contributed by atoms with van der Waals surface area (Å²) >= 11 is 0. The van der Waals surface area contributed by atoms with Crippen molar-refractivity contribution in [3.8, 4) is 0 Å². The summed E-state index contributed by atoms with van der Waals surface area (Å²) in [6.07, 6.45) is 5.43. The Bertz CT molecular complexity index is 693. The van der Waals surface area contributed by atoms with Gasteiger partial charge in [-0.3, -0.25) is 4.98 Å². The lowest BCUT2D eigenvalue weighted by Gasteiger charge is -2.18. The number of aromatic nitrogens is 1. The van der Waals surface area contributed by atoms with Gasteiger partial charge in [0.1, 0.15) is 0 Å². The van der Waals surface area contributed by atoms with Crippen molar-refractivity contribution in [2.75, 3.05) is 0 Å². The molecule has 0 unspecified atom stereocenters. The monoisotopic (exact) mass is 273 g/mol. The second-order valence-electron chi connectivity index (χ2n) is 4.76. The lowest BCUT2D eigenvalue weighted by Crippen LogP contribution is -2.12. The summed E-state index contributed by atoms with van der Waals surface area (Å²) < 4.78 is 25.4. The standard InChI is InChI=1S/C15H15NO2S/c17-19(18,12-6-2-1-3-7-12)15-10-11-16-14-9-5-4-8-13(14)15/h1-3,6-7,10-11H,4-5,8-9H2. The maximum Gasteiger partial charge on any atom is 0.206 e. The van der Waals surface area contributed by atoms with Gasteiger partial charge in [-0.1, -0.05) is 18.2 Å². The van der Waals surface area contributed by atoms with Gasteiger partial charge in [0, 0.05) is 11.9 Å². The summed E-state index contributed by atoms with van der Waals surface area (Å²) in [7, 11) is -3.42. The van der Waals surface area contributed by atoms with E-state index in [2.05, 4.69) is 4.98 Å². The van der Waals surface area contributed by atoms with Gasteiger partial charge in [0.2, 0.25) is 9.84 Å². The first-order valence-corrected chi connectivity index (χ1v) is 7.95. The van der Waals surface area contributed by atoms with Crippen LogP contribution in [-0.4, -0.2) is 13.4 Å². The van der Waals surface area contributed by atoms with Gasteiger partial charge in [0.15, 0.2) is 0 Å². The summed E-state index contributed by atoms with van der Waals surface area (Å²) in [4.78, 5) is 5.11. The number of rotatable bonds is 2. The fourth-order valence-electron chi connectivity index (χ4n) is 2.57. The van der Waals surface area contributed by atoms with Gasteiger partial charge in [0.05, 0.1) is 9.79 Å². The highest BCUT2D eigenvalue weighted by Crippen LogP contribution is 2.29. The molecule has 1 heterocycles. The second-order valence-corrected chi connectivity index (χ2v) is 6.68. The van der Waals surface area contributed by atoms with E-state index in [1.165, 1.54) is 0 Å². The smallest absolute Gasteiger partial charge is 0.206 e. The fourth-order valence-corrected chi connectivity index (χ4v) is 4.12. The molecule has 1 aliphatic carbocycles. The Balaban J connectivity index is 2.17. The maximum absolute atomic E-state index is 12.7. The van der Waals surface area contributed by atoms with Gasteiger partial charge in [0.25, 0.3) is 0 Å². The Morgan fingerprint density at radius 1 is 0.947 bits per heavy atom. The molecule has 0 aliphatic heterocycles. The Labute approximate surface area is 113 Å². The predicted molar refractivity (Wildman–Crippen MR) is 72.8 cm³/mol. The highest BCUT2D eigenvalue weighted by molar-refractivity contribution is 7.91. The normalized spacial score (nSPS) is 14.9. The molecule has 0 spiro atoms. The fraction of sp³-hybridized carbons (Fsp3) is 0.267. The van der Waals surface area contributed by atoms with Crippen LogP contribution in [0, 0.1) is 0 Å². The molecule has 0 N–H and O–H groups in total. The van der Waals surface area contributed by atoms with Crippen molar-refractivity contribution in [3.05, 3.63) is 53.9 Å². The van der Waals surface area contributed by atoms with Gasteiger partial charge < -0.3 is 0 Å². The Morgan fingerprint density at radius 3 is 2.47 bits per heavy atom. The van der Waals surface area contributed by atoms with E-state index in [0.29, 0.717) is 9.79 Å². The first-order valence-electron chi connectivity index (χ1n) is 6.46. The summed E-state index contributed by atoms with van der Waals surface area (Å²) in [5.41, 5.74) is 1.86. The molecule has 2 aromatic rings. The molecular formula is C15H15NO2S. The molecule has 1 aromatic heterocycles. The molecule has 0 saturated carbocycles. The van der Waals surface area contributed by atoms with E-state index in [1.54, 1.807) is 36.5 Å². The zero-order chi connectivity index (χ0) is 13.3. The molecule has 1 aromatic carbocycles. The van der Waals surface area contributed by atoms with E-state index in [1.807, 2.05) is 6.07 Å². The minimum Gasteiger partial charge on any atom is -0.261 e. The molecule has 0 amide bonds. The van der Waals surface area contributed by atoms with Crippen LogP contribution in [0.4, 0.5) is 0 Å². The van der Waals surface area contributed by atoms with Crippen molar-refractivity contribution < 1.29 is 8.42 Å². The van der Waals surface area contributed by atoms with E-state index in [0.717, 1.165) is 36.9 Å². The van der Waals surface area contributed by atoms with Crippen LogP contribution in [0.2, 0.25) is 0 Å². The van der Waals surface area contributed by atoms with Crippen molar-refractivity contribution >= 4 is 9.84 Å². The molecule has 4 heteroatoms. The number of pyridine rings is 1. The van der Waals surface area contributed by atoms with Crippen LogP contribution in [0.15, 0.2) is 52.4 Å². The predicted octanol–water partition coefficient (Wildman–Crippen LogP) is 2.79. The lowest BCUT2D eigenvalue weighted by molar-refractivity contribution is 0.589. The summed E-state index contributed by atoms with van der Waals surface area (Å²) in [5.74, 6) is 0. The molecule has 19 heavy (non-hydrogen) atoms. The summed E-state index contributed by atoms with van der Waals surface area (Å²) in [5, 5.41) is 0. The molecule has 0 fully saturated rings. The average Bonchev–Trinajstić information content (AvgIpc) is 2.47. The Morgan fingerprint density at radius 2 is 1.68 bits per heavy atom. The molecule has 98 valence electrons. The van der Waals surface area contributed by atoms with Crippen LogP contribution < -0.4 is 0 Å². The van der Waals surface area contributed by atoms with Gasteiger partial charge in [-0.2, -0.15) is 0 Å². The number of hydrogen-bond donors (Lipinski definition) is 0. The quantitative estimate of drug-likeness (QED) is 0.845. The minimum absolute atomic E-state index is 0.356. The highest BCUT2D eigenvalue weighted by Gasteiger charge is 2.24. The third kappa shape index (κ3) is 2.16. The molecular weight excluding hydrogens is 258 g/mol. The average molecular weight is 273 g/mol. The van der Waals surface area contributed by atoms with E-state index in [4.69, 9.17) is 0 Å². The number of fused-ring (bicyclic) bond motifs is 1. The maximum atomic E-state index is 12.7. The van der Waals surface area contributed by atoms with Crippen LogP contribution in [0.5, 0.6) is 0 Å². The Kier molecular flexibility index (Phi) is 3.11. The molecule has 0 saturated heterocycles. The molecule has 0 atom stereocenters. The molecule has 3 rings (SSSR count). The topological polar surface area (TPSA) is 47.0 Å². The van der Waals surface area contributed by atoms with E-state index < -0.39 is 9.84 Å². The van der Waals surface area contributed by atoms with E-state index in [9.17, 15) is 8.42 Å². The number of aryl methyl sites for hydroxylation is 1. The van der Waals surface area contributed by atoms with Crippen LogP contribution in [0.3, 0.4) is 0 Å². The van der Waals surface area contributed by atoms with Gasteiger partial charge in [-0.05, 0) is 49.4 Å². The minimum atomic E-state index is -3.42. The van der Waals surface area contributed by atoms with Gasteiger partial charge in [-0.15, -0.1) is 0 Å². The van der Waals surface area contributed by atoms with Crippen LogP contribution in [0.25, 0.3) is 0 Å². The van der Waals surface area contributed by atoms with Crippen LogP contribution in [-0.2, 0) is 22.7 Å². The first kappa shape index (κ1) is 12.4. The number of sulfone groups is 1. The first-order chi connectivity index (χ1) is 9.19. The summed E-state index contributed by atoms with van der Waals surface area (Å²) in [6.45, 7) is 0. The van der Waals surface area contributed by atoms with Gasteiger partial charge in [-0.25, -0.2) is 8.42 Å². The molecule has 3 nitrogen and oxygen atoms in total. The number of benzene rings is 1. The van der Waals surface area contributed by atoms with Crippen LogP contribution in [0.1, 0.15) is 24.1 Å². The van der Waals surface area contributed by atoms with E-state index >= 15 is 0 Å². The lowest BCUT2D eigenvalue weighted by atomic mass is 9.96.